The third-order valence-electron chi connectivity index (χ3n) is 3.50. The molecule has 92 valence electrons. The first kappa shape index (κ1) is 13.0. The zero-order valence-corrected chi connectivity index (χ0v) is 10.7. The van der Waals surface area contributed by atoms with Gasteiger partial charge in [-0.05, 0) is 26.2 Å². The summed E-state index contributed by atoms with van der Waals surface area (Å²) >= 11 is 0. The number of nitrogens with one attached hydrogen (secondary N) is 1. The van der Waals surface area contributed by atoms with Gasteiger partial charge in [-0.1, -0.05) is 20.8 Å². The summed E-state index contributed by atoms with van der Waals surface area (Å²) in [6.45, 7) is 8.40. The number of rotatable bonds is 4. The maximum atomic E-state index is 12.2. The Bertz CT molecular complexity index is 291. The lowest BCUT2D eigenvalue weighted by atomic mass is 9.90. The first-order chi connectivity index (χ1) is 7.51. The van der Waals surface area contributed by atoms with Crippen LogP contribution in [0.5, 0.6) is 0 Å². The van der Waals surface area contributed by atoms with Crippen molar-refractivity contribution in [3.05, 3.63) is 0 Å². The van der Waals surface area contributed by atoms with E-state index >= 15 is 0 Å². The highest BCUT2D eigenvalue weighted by atomic mass is 16.2. The van der Waals surface area contributed by atoms with E-state index in [1.165, 1.54) is 0 Å². The van der Waals surface area contributed by atoms with Crippen LogP contribution in [-0.2, 0) is 9.59 Å². The van der Waals surface area contributed by atoms with Crippen LogP contribution >= 0.6 is 0 Å². The second kappa shape index (κ2) is 4.85. The smallest absolute Gasteiger partial charge is 0.246 e. The van der Waals surface area contributed by atoms with Gasteiger partial charge in [-0.25, -0.2) is 0 Å². The summed E-state index contributed by atoms with van der Waals surface area (Å²) in [6.07, 6.45) is 2.19. The van der Waals surface area contributed by atoms with E-state index in [4.69, 9.17) is 0 Å². The molecule has 1 fully saturated rings. The average molecular weight is 226 g/mol. The molecule has 1 heterocycles. The molecule has 1 aliphatic rings. The van der Waals surface area contributed by atoms with E-state index in [1.54, 1.807) is 4.90 Å². The van der Waals surface area contributed by atoms with Gasteiger partial charge in [-0.3, -0.25) is 9.59 Å². The molecule has 2 amide bonds. The van der Waals surface area contributed by atoms with Crippen molar-refractivity contribution < 1.29 is 9.59 Å². The van der Waals surface area contributed by atoms with Crippen molar-refractivity contribution >= 4 is 11.8 Å². The number of amides is 2. The van der Waals surface area contributed by atoms with Crippen LogP contribution in [0.25, 0.3) is 0 Å². The number of nitrogens with zero attached hydrogens (tertiary/aromatic N) is 1. The van der Waals surface area contributed by atoms with Crippen LogP contribution in [0.3, 0.4) is 0 Å². The normalized spacial score (nSPS) is 30.5. The maximum absolute atomic E-state index is 12.2. The van der Waals surface area contributed by atoms with Crippen LogP contribution in [0.4, 0.5) is 0 Å². The molecule has 0 radical (unpaired) electrons. The molecule has 1 rings (SSSR count). The van der Waals surface area contributed by atoms with Gasteiger partial charge in [0.05, 0.1) is 0 Å². The third-order valence-corrected chi connectivity index (χ3v) is 3.50. The minimum atomic E-state index is -0.668. The van der Waals surface area contributed by atoms with Gasteiger partial charge < -0.3 is 10.2 Å². The van der Waals surface area contributed by atoms with Crippen molar-refractivity contribution in [3.63, 3.8) is 0 Å². The predicted molar refractivity (Wildman–Crippen MR) is 62.9 cm³/mol. The molecule has 0 bridgehead atoms. The van der Waals surface area contributed by atoms with Crippen molar-refractivity contribution in [2.24, 2.45) is 0 Å². The molecule has 1 aliphatic heterocycles. The van der Waals surface area contributed by atoms with Crippen molar-refractivity contribution in [2.45, 2.75) is 58.5 Å². The Balaban J connectivity index is 3.01. The summed E-state index contributed by atoms with van der Waals surface area (Å²) in [5, 5.41) is 2.82. The van der Waals surface area contributed by atoms with Gasteiger partial charge in [-0.2, -0.15) is 0 Å². The van der Waals surface area contributed by atoms with Gasteiger partial charge >= 0.3 is 0 Å². The average Bonchev–Trinajstić information content (AvgIpc) is 2.29. The zero-order valence-electron chi connectivity index (χ0n) is 10.7. The van der Waals surface area contributed by atoms with E-state index in [-0.39, 0.29) is 17.9 Å². The first-order valence-electron chi connectivity index (χ1n) is 6.13. The van der Waals surface area contributed by atoms with Gasteiger partial charge in [-0.15, -0.1) is 0 Å². The van der Waals surface area contributed by atoms with Crippen LogP contribution < -0.4 is 5.32 Å². The van der Waals surface area contributed by atoms with Crippen molar-refractivity contribution in [3.8, 4) is 0 Å². The largest absolute Gasteiger partial charge is 0.342 e. The number of carbonyl (C=O) groups excluding carboxylic acids is 2. The van der Waals surface area contributed by atoms with E-state index in [2.05, 4.69) is 5.32 Å². The Labute approximate surface area is 97.4 Å². The van der Waals surface area contributed by atoms with Gasteiger partial charge in [0.2, 0.25) is 11.8 Å². The van der Waals surface area contributed by atoms with E-state index in [9.17, 15) is 9.59 Å². The molecule has 2 unspecified atom stereocenters. The lowest BCUT2D eigenvalue weighted by Crippen LogP contribution is -2.69. The molecule has 0 aliphatic carbocycles. The number of piperazine rings is 1. The molecule has 4 nitrogen and oxygen atoms in total. The highest BCUT2D eigenvalue weighted by Crippen LogP contribution is 2.25. The molecule has 0 aromatic heterocycles. The summed E-state index contributed by atoms with van der Waals surface area (Å²) in [6, 6.07) is -0.335. The second-order valence-electron chi connectivity index (χ2n) is 4.55. The molecule has 0 spiro atoms. The van der Waals surface area contributed by atoms with Crippen molar-refractivity contribution in [1.29, 1.82) is 0 Å². The van der Waals surface area contributed by atoms with Gasteiger partial charge in [0.25, 0.3) is 0 Å². The van der Waals surface area contributed by atoms with E-state index in [0.29, 0.717) is 19.4 Å². The molecule has 1 saturated heterocycles. The van der Waals surface area contributed by atoms with E-state index < -0.39 is 5.54 Å². The van der Waals surface area contributed by atoms with E-state index in [1.807, 2.05) is 27.7 Å². The van der Waals surface area contributed by atoms with Gasteiger partial charge in [0.15, 0.2) is 0 Å². The quantitative estimate of drug-likeness (QED) is 0.785. The number of hydrogen-bond donors (Lipinski definition) is 1. The fraction of sp³-hybridized carbons (Fsp3) is 0.833. The van der Waals surface area contributed by atoms with Gasteiger partial charge in [0.1, 0.15) is 11.6 Å². The highest BCUT2D eigenvalue weighted by molar-refractivity contribution is 5.99. The van der Waals surface area contributed by atoms with Crippen LogP contribution in [0.1, 0.15) is 47.0 Å². The summed E-state index contributed by atoms with van der Waals surface area (Å²) in [7, 11) is 0. The molecular weight excluding hydrogens is 204 g/mol. The van der Waals surface area contributed by atoms with Crippen LogP contribution in [-0.4, -0.2) is 34.8 Å². The zero-order chi connectivity index (χ0) is 12.3. The maximum Gasteiger partial charge on any atom is 0.246 e. The molecular formula is C12H22N2O2. The van der Waals surface area contributed by atoms with Crippen LogP contribution in [0, 0.1) is 0 Å². The Morgan fingerprint density at radius 2 is 1.94 bits per heavy atom. The number of carbonyl (C=O) groups is 2. The standard InChI is InChI=1S/C12H22N2O2/c1-5-8-14-10(15)9(6-2)13-11(16)12(14,4)7-3/h9H,5-8H2,1-4H3,(H,13,16). The Morgan fingerprint density at radius 3 is 2.38 bits per heavy atom. The number of hydrogen-bond acceptors (Lipinski definition) is 2. The molecule has 0 aromatic carbocycles. The fourth-order valence-electron chi connectivity index (χ4n) is 2.14. The molecule has 1 N–H and O–H groups in total. The van der Waals surface area contributed by atoms with Gasteiger partial charge in [0, 0.05) is 6.54 Å². The summed E-state index contributed by atoms with van der Waals surface area (Å²) in [4.78, 5) is 26.0. The minimum absolute atomic E-state index is 0.0186. The predicted octanol–water partition coefficient (Wildman–Crippen LogP) is 1.30. The van der Waals surface area contributed by atoms with Crippen LogP contribution in [0.2, 0.25) is 0 Å². The Morgan fingerprint density at radius 1 is 1.31 bits per heavy atom. The Kier molecular flexibility index (Phi) is 3.94. The monoisotopic (exact) mass is 226 g/mol. The van der Waals surface area contributed by atoms with Crippen molar-refractivity contribution in [1.82, 2.24) is 10.2 Å². The lowest BCUT2D eigenvalue weighted by molar-refractivity contribution is -0.156. The molecule has 2 atom stereocenters. The lowest BCUT2D eigenvalue weighted by Gasteiger charge is -2.45. The molecule has 0 saturated carbocycles. The minimum Gasteiger partial charge on any atom is -0.342 e. The molecule has 0 aromatic rings. The summed E-state index contributed by atoms with van der Waals surface area (Å²) in [5.41, 5.74) is -0.668. The fourth-order valence-corrected chi connectivity index (χ4v) is 2.14. The van der Waals surface area contributed by atoms with Crippen molar-refractivity contribution in [2.75, 3.05) is 6.54 Å². The Hall–Kier alpha value is -1.06. The third kappa shape index (κ3) is 1.93. The summed E-state index contributed by atoms with van der Waals surface area (Å²) in [5.74, 6) is 0.0446. The topological polar surface area (TPSA) is 49.4 Å². The summed E-state index contributed by atoms with van der Waals surface area (Å²) < 4.78 is 0. The van der Waals surface area contributed by atoms with E-state index in [0.717, 1.165) is 6.42 Å². The second-order valence-corrected chi connectivity index (χ2v) is 4.55. The SMILES string of the molecule is CCCN1C(=O)C(CC)NC(=O)C1(C)CC. The first-order valence-corrected chi connectivity index (χ1v) is 6.13. The molecule has 4 heteroatoms. The highest BCUT2D eigenvalue weighted by Gasteiger charge is 2.47. The molecule has 16 heavy (non-hydrogen) atoms. The van der Waals surface area contributed by atoms with Crippen LogP contribution in [0.15, 0.2) is 0 Å².